The molecule has 0 radical (unpaired) electrons. The van der Waals surface area contributed by atoms with Crippen LogP contribution in [0.1, 0.15) is 31.4 Å². The molecule has 2 aliphatic heterocycles. The molecule has 8 heteroatoms. The lowest BCUT2D eigenvalue weighted by atomic mass is 10.1. The highest BCUT2D eigenvalue weighted by Gasteiger charge is 2.29. The van der Waals surface area contributed by atoms with Crippen LogP contribution in [0.15, 0.2) is 42.7 Å². The molecule has 1 N–H and O–H groups in total. The number of fused-ring (bicyclic) bond motifs is 1. The van der Waals surface area contributed by atoms with Gasteiger partial charge in [0.25, 0.3) is 0 Å². The summed E-state index contributed by atoms with van der Waals surface area (Å²) in [5, 5.41) is 4.60. The smallest absolute Gasteiger partial charge is 0.239 e. The van der Waals surface area contributed by atoms with Crippen molar-refractivity contribution in [1.29, 1.82) is 0 Å². The highest BCUT2D eigenvalue weighted by Crippen LogP contribution is 2.32. The van der Waals surface area contributed by atoms with E-state index in [1.165, 1.54) is 0 Å². The van der Waals surface area contributed by atoms with Gasteiger partial charge in [0.2, 0.25) is 5.91 Å². The number of nitrogens with one attached hydrogen (secondary N) is 1. The van der Waals surface area contributed by atoms with Gasteiger partial charge in [0.05, 0.1) is 29.4 Å². The molecule has 1 aromatic heterocycles. The van der Waals surface area contributed by atoms with Gasteiger partial charge >= 0.3 is 0 Å². The van der Waals surface area contributed by atoms with Gasteiger partial charge < -0.3 is 19.7 Å². The van der Waals surface area contributed by atoms with E-state index in [2.05, 4.69) is 44.9 Å². The van der Waals surface area contributed by atoms with Crippen molar-refractivity contribution in [2.45, 2.75) is 31.8 Å². The fourth-order valence-electron chi connectivity index (χ4n) is 4.81. The molecule has 2 aliphatic rings. The molecule has 2 aromatic carbocycles. The van der Waals surface area contributed by atoms with Crippen molar-refractivity contribution < 1.29 is 4.79 Å². The second-order valence-corrected chi connectivity index (χ2v) is 9.47. The van der Waals surface area contributed by atoms with Gasteiger partial charge in [-0.25, -0.2) is 4.98 Å². The Morgan fingerprint density at radius 1 is 1.12 bits per heavy atom. The molecule has 3 aromatic rings. The molecule has 32 heavy (non-hydrogen) atoms. The minimum atomic E-state index is 0.00781. The molecular weight excluding hydrogens is 445 g/mol. The summed E-state index contributed by atoms with van der Waals surface area (Å²) < 4.78 is 2.15. The van der Waals surface area contributed by atoms with Gasteiger partial charge in [-0.05, 0) is 62.2 Å². The lowest BCUT2D eigenvalue weighted by molar-refractivity contribution is -0.133. The number of carbonyl (C=O) groups excluding carboxylic acids is 1. The number of hydrogen-bond acceptors (Lipinski definition) is 4. The number of imidazole rings is 1. The molecule has 6 nitrogen and oxygen atoms in total. The van der Waals surface area contributed by atoms with Crippen LogP contribution in [0.5, 0.6) is 0 Å². The summed E-state index contributed by atoms with van der Waals surface area (Å²) in [4.78, 5) is 21.7. The highest BCUT2D eigenvalue weighted by molar-refractivity contribution is 6.35. The number of aromatic nitrogens is 2. The lowest BCUT2D eigenvalue weighted by Gasteiger charge is -2.37. The average Bonchev–Trinajstić information content (AvgIpc) is 3.48. The van der Waals surface area contributed by atoms with Crippen LogP contribution in [0.4, 0.5) is 5.69 Å². The Morgan fingerprint density at radius 2 is 1.94 bits per heavy atom. The number of halogens is 2. The molecule has 0 saturated carbocycles. The van der Waals surface area contributed by atoms with Crippen molar-refractivity contribution >= 4 is 45.8 Å². The van der Waals surface area contributed by atoms with Crippen molar-refractivity contribution in [3.05, 3.63) is 58.3 Å². The first-order valence-electron chi connectivity index (χ1n) is 11.2. The Labute approximate surface area is 198 Å². The van der Waals surface area contributed by atoms with Gasteiger partial charge in [-0.1, -0.05) is 29.3 Å². The molecule has 2 saturated heterocycles. The zero-order valence-electron chi connectivity index (χ0n) is 18.1. The topological polar surface area (TPSA) is 53.4 Å². The van der Waals surface area contributed by atoms with E-state index in [-0.39, 0.29) is 18.0 Å². The quantitative estimate of drug-likeness (QED) is 0.614. The maximum atomic E-state index is 12.7. The summed E-state index contributed by atoms with van der Waals surface area (Å²) in [5.74, 6) is 0.254. The van der Waals surface area contributed by atoms with Gasteiger partial charge in [-0.15, -0.1) is 0 Å². The molecular formula is C24H27Cl2N5O. The normalized spacial score (nSPS) is 20.2. The zero-order chi connectivity index (χ0) is 22.2. The van der Waals surface area contributed by atoms with Crippen LogP contribution in [0.25, 0.3) is 11.0 Å². The molecule has 5 rings (SSSR count). The third-order valence-corrected chi connectivity index (χ3v) is 7.27. The van der Waals surface area contributed by atoms with E-state index in [9.17, 15) is 4.79 Å². The molecule has 3 heterocycles. The van der Waals surface area contributed by atoms with Gasteiger partial charge in [-0.2, -0.15) is 0 Å². The summed E-state index contributed by atoms with van der Waals surface area (Å²) in [6.45, 7) is 6.23. The van der Waals surface area contributed by atoms with E-state index in [0.29, 0.717) is 10.0 Å². The maximum absolute atomic E-state index is 12.7. The first-order valence-corrected chi connectivity index (χ1v) is 12.0. The van der Waals surface area contributed by atoms with Gasteiger partial charge in [0, 0.05) is 41.9 Å². The predicted octanol–water partition coefficient (Wildman–Crippen LogP) is 4.35. The summed E-state index contributed by atoms with van der Waals surface area (Å²) >= 11 is 12.5. The zero-order valence-corrected chi connectivity index (χ0v) is 19.6. The fourth-order valence-corrected chi connectivity index (χ4v) is 5.38. The van der Waals surface area contributed by atoms with Crippen molar-refractivity contribution in [3.8, 4) is 0 Å². The molecule has 0 aliphatic carbocycles. The minimum Gasteiger partial charge on any atom is -0.368 e. The summed E-state index contributed by atoms with van der Waals surface area (Å²) in [7, 11) is 0. The van der Waals surface area contributed by atoms with E-state index in [0.717, 1.165) is 67.8 Å². The van der Waals surface area contributed by atoms with Crippen LogP contribution in [0.3, 0.4) is 0 Å². The Bertz CT molecular complexity index is 1130. The molecule has 2 unspecified atom stereocenters. The van der Waals surface area contributed by atoms with Crippen molar-refractivity contribution in [2.24, 2.45) is 0 Å². The van der Waals surface area contributed by atoms with Crippen molar-refractivity contribution in [2.75, 3.05) is 37.6 Å². The summed E-state index contributed by atoms with van der Waals surface area (Å²) in [6.07, 6.45) is 3.91. The predicted molar refractivity (Wildman–Crippen MR) is 130 cm³/mol. The van der Waals surface area contributed by atoms with E-state index in [1.54, 1.807) is 6.07 Å². The van der Waals surface area contributed by atoms with Gasteiger partial charge in [-0.3, -0.25) is 4.79 Å². The van der Waals surface area contributed by atoms with Crippen LogP contribution in [-0.2, 0) is 4.79 Å². The van der Waals surface area contributed by atoms with E-state index in [4.69, 9.17) is 23.2 Å². The second-order valence-electron chi connectivity index (χ2n) is 8.63. The number of anilines is 1. The Hall–Kier alpha value is -2.28. The Morgan fingerprint density at radius 3 is 2.66 bits per heavy atom. The number of rotatable bonds is 4. The highest BCUT2D eigenvalue weighted by atomic mass is 35.5. The number of nitrogens with zero attached hydrogens (tertiary/aromatic N) is 4. The average molecular weight is 472 g/mol. The third-order valence-electron chi connectivity index (χ3n) is 6.70. The largest absolute Gasteiger partial charge is 0.368 e. The SMILES string of the molecule is CC(c1ccc(Cl)cc1Cl)n1cnc2ccc(N3CCN(C(=O)C4CCCN4)CC3)cc21. The molecule has 2 fully saturated rings. The molecule has 1 amide bonds. The maximum Gasteiger partial charge on any atom is 0.239 e. The first kappa shape index (κ1) is 21.6. The third kappa shape index (κ3) is 4.07. The second kappa shape index (κ2) is 8.93. The number of piperazine rings is 1. The Balaban J connectivity index is 1.34. The standard InChI is InChI=1S/C24H27Cl2N5O/c1-16(19-6-4-17(25)13-20(19)26)31-15-28-21-7-5-18(14-23(21)31)29-9-11-30(12-10-29)24(32)22-3-2-8-27-22/h4-7,13-16,22,27H,2-3,8-12H2,1H3. The first-order chi connectivity index (χ1) is 15.5. The number of carbonyl (C=O) groups is 1. The van der Waals surface area contributed by atoms with Crippen LogP contribution >= 0.6 is 23.2 Å². The number of benzene rings is 2. The fraction of sp³-hybridized carbons (Fsp3) is 0.417. The van der Waals surface area contributed by atoms with Crippen LogP contribution < -0.4 is 10.2 Å². The van der Waals surface area contributed by atoms with Crippen LogP contribution in [0.2, 0.25) is 10.0 Å². The van der Waals surface area contributed by atoms with E-state index in [1.807, 2.05) is 23.4 Å². The molecule has 168 valence electrons. The molecule has 0 bridgehead atoms. The monoisotopic (exact) mass is 471 g/mol. The van der Waals surface area contributed by atoms with E-state index < -0.39 is 0 Å². The van der Waals surface area contributed by atoms with Crippen LogP contribution in [-0.4, -0.2) is 59.1 Å². The summed E-state index contributed by atoms with van der Waals surface area (Å²) in [5.41, 5.74) is 4.18. The molecule has 2 atom stereocenters. The number of amides is 1. The van der Waals surface area contributed by atoms with E-state index >= 15 is 0 Å². The van der Waals surface area contributed by atoms with Crippen molar-refractivity contribution in [1.82, 2.24) is 19.8 Å². The van der Waals surface area contributed by atoms with Gasteiger partial charge in [0.1, 0.15) is 0 Å². The van der Waals surface area contributed by atoms with Crippen LogP contribution in [0, 0.1) is 0 Å². The van der Waals surface area contributed by atoms with Gasteiger partial charge in [0.15, 0.2) is 0 Å². The Kier molecular flexibility index (Phi) is 6.01. The molecule has 0 spiro atoms. The van der Waals surface area contributed by atoms with Crippen molar-refractivity contribution in [3.63, 3.8) is 0 Å². The minimum absolute atomic E-state index is 0.00781. The summed E-state index contributed by atoms with van der Waals surface area (Å²) in [6, 6.07) is 12.0. The lowest BCUT2D eigenvalue weighted by Crippen LogP contribution is -2.53. The number of hydrogen-bond donors (Lipinski definition) is 1.